The number of hydrogen-bond donors (Lipinski definition) is 1. The Morgan fingerprint density at radius 3 is 2.30 bits per heavy atom. The van der Waals surface area contributed by atoms with Crippen LogP contribution in [0.15, 0.2) is 24.7 Å². The molecule has 4 heterocycles. The van der Waals surface area contributed by atoms with Gasteiger partial charge in [0.2, 0.25) is 11.7 Å². The smallest absolute Gasteiger partial charge is 0.232 e. The fraction of sp³-hybridized carbons (Fsp3) is 0.462. The van der Waals surface area contributed by atoms with Gasteiger partial charge < -0.3 is 29.0 Å². The van der Waals surface area contributed by atoms with Gasteiger partial charge in [-0.3, -0.25) is 0 Å². The van der Waals surface area contributed by atoms with Crippen molar-refractivity contribution in [2.45, 2.75) is 45.1 Å². The minimum atomic E-state index is 0.407. The fourth-order valence-corrected chi connectivity index (χ4v) is 5.14. The molecular weight excluding hydrogens is 472 g/mol. The van der Waals surface area contributed by atoms with E-state index in [1.807, 2.05) is 22.9 Å². The van der Waals surface area contributed by atoms with E-state index in [9.17, 15) is 0 Å². The molecule has 1 aliphatic carbocycles. The highest BCUT2D eigenvalue weighted by atomic mass is 16.5. The maximum Gasteiger partial charge on any atom is 0.232 e. The summed E-state index contributed by atoms with van der Waals surface area (Å²) in [5.41, 5.74) is 2.70. The van der Waals surface area contributed by atoms with Crippen LogP contribution in [0.1, 0.15) is 43.8 Å². The molecule has 0 bridgehead atoms. The number of nitrogens with zero attached hydrogens (tertiary/aromatic N) is 7. The summed E-state index contributed by atoms with van der Waals surface area (Å²) in [5, 5.41) is 9.28. The third-order valence-electron chi connectivity index (χ3n) is 7.30. The maximum absolute atomic E-state index is 5.51. The summed E-state index contributed by atoms with van der Waals surface area (Å²) in [5.74, 6) is 3.79. The summed E-state index contributed by atoms with van der Waals surface area (Å²) in [7, 11) is 4.79. The first-order valence-corrected chi connectivity index (χ1v) is 12.7. The van der Waals surface area contributed by atoms with Crippen LogP contribution in [0.3, 0.4) is 0 Å². The molecule has 3 aromatic heterocycles. The quantitative estimate of drug-likeness (QED) is 0.373. The van der Waals surface area contributed by atoms with Crippen molar-refractivity contribution < 1.29 is 14.2 Å². The van der Waals surface area contributed by atoms with Crippen molar-refractivity contribution in [3.63, 3.8) is 0 Å². The molecule has 194 valence electrons. The molecule has 37 heavy (non-hydrogen) atoms. The number of imidazole rings is 1. The monoisotopic (exact) mass is 504 g/mol. The number of rotatable bonds is 8. The van der Waals surface area contributed by atoms with Gasteiger partial charge in [-0.2, -0.15) is 15.1 Å². The van der Waals surface area contributed by atoms with Crippen molar-refractivity contribution in [1.82, 2.24) is 29.3 Å². The van der Waals surface area contributed by atoms with Gasteiger partial charge in [0.05, 0.1) is 50.3 Å². The Morgan fingerprint density at radius 2 is 1.68 bits per heavy atom. The molecule has 0 radical (unpaired) electrons. The summed E-state index contributed by atoms with van der Waals surface area (Å²) in [6, 6.07) is 4.16. The van der Waals surface area contributed by atoms with E-state index in [-0.39, 0.29) is 0 Å². The van der Waals surface area contributed by atoms with Gasteiger partial charge in [-0.05, 0) is 39.0 Å². The fourth-order valence-electron chi connectivity index (χ4n) is 5.14. The highest BCUT2D eigenvalue weighted by Crippen LogP contribution is 2.40. The molecule has 2 fully saturated rings. The molecule has 0 unspecified atom stereocenters. The van der Waals surface area contributed by atoms with E-state index in [0.29, 0.717) is 35.1 Å². The second-order valence-corrected chi connectivity index (χ2v) is 9.55. The number of benzene rings is 1. The van der Waals surface area contributed by atoms with Crippen molar-refractivity contribution in [2.24, 2.45) is 0 Å². The van der Waals surface area contributed by atoms with Gasteiger partial charge in [0.25, 0.3) is 0 Å². The highest BCUT2D eigenvalue weighted by molar-refractivity contribution is 5.91. The summed E-state index contributed by atoms with van der Waals surface area (Å²) in [6.07, 6.45) is 9.47. The zero-order valence-corrected chi connectivity index (χ0v) is 21.7. The lowest BCUT2D eigenvalue weighted by Crippen LogP contribution is -2.21. The topological polar surface area (TPSA) is 104 Å². The number of anilines is 3. The molecule has 4 aromatic rings. The minimum Gasteiger partial charge on any atom is -0.493 e. The van der Waals surface area contributed by atoms with Crippen LogP contribution in [-0.4, -0.2) is 63.7 Å². The Labute approximate surface area is 215 Å². The maximum atomic E-state index is 5.51. The van der Waals surface area contributed by atoms with Crippen molar-refractivity contribution in [1.29, 1.82) is 0 Å². The summed E-state index contributed by atoms with van der Waals surface area (Å²) < 4.78 is 20.4. The third-order valence-corrected chi connectivity index (χ3v) is 7.30. The second kappa shape index (κ2) is 9.45. The Morgan fingerprint density at radius 1 is 0.946 bits per heavy atom. The van der Waals surface area contributed by atoms with E-state index in [0.717, 1.165) is 54.2 Å². The first-order valence-electron chi connectivity index (χ1n) is 12.7. The molecule has 1 aliphatic heterocycles. The number of methoxy groups -OCH3 is 3. The van der Waals surface area contributed by atoms with Crippen molar-refractivity contribution in [3.8, 4) is 22.9 Å². The summed E-state index contributed by atoms with van der Waals surface area (Å²) in [4.78, 5) is 16.8. The normalized spacial score (nSPS) is 15.7. The predicted molar refractivity (Wildman–Crippen MR) is 141 cm³/mol. The number of fused-ring (bicyclic) bond motifs is 1. The van der Waals surface area contributed by atoms with E-state index < -0.39 is 0 Å². The lowest BCUT2D eigenvalue weighted by molar-refractivity contribution is 0.295. The Balaban J connectivity index is 1.37. The van der Waals surface area contributed by atoms with E-state index in [4.69, 9.17) is 29.3 Å². The van der Waals surface area contributed by atoms with E-state index in [2.05, 4.69) is 26.8 Å². The van der Waals surface area contributed by atoms with Gasteiger partial charge >= 0.3 is 0 Å². The summed E-state index contributed by atoms with van der Waals surface area (Å²) in [6.45, 7) is 4.05. The molecule has 2 aliphatic rings. The number of nitrogens with one attached hydrogen (secondary N) is 1. The minimum absolute atomic E-state index is 0.407. The highest BCUT2D eigenvalue weighted by Gasteiger charge is 2.28. The molecule has 0 spiro atoms. The largest absolute Gasteiger partial charge is 0.493 e. The molecule has 1 N–H and O–H groups in total. The Hall–Kier alpha value is -4.02. The molecule has 0 atom stereocenters. The molecule has 1 saturated heterocycles. The first kappa shape index (κ1) is 23.4. The van der Waals surface area contributed by atoms with E-state index in [1.165, 1.54) is 19.3 Å². The Kier molecular flexibility index (Phi) is 5.97. The molecule has 1 saturated carbocycles. The lowest BCUT2D eigenvalue weighted by atomic mass is 9.93. The average molecular weight is 505 g/mol. The van der Waals surface area contributed by atoms with Gasteiger partial charge in [-0.1, -0.05) is 0 Å². The number of hydrogen-bond acceptors (Lipinski definition) is 9. The molecular formula is C26H32N8O3. The zero-order valence-electron chi connectivity index (χ0n) is 21.7. The van der Waals surface area contributed by atoms with Gasteiger partial charge in [0.1, 0.15) is 12.1 Å². The van der Waals surface area contributed by atoms with Crippen molar-refractivity contribution in [3.05, 3.63) is 30.4 Å². The van der Waals surface area contributed by atoms with Gasteiger partial charge in [0, 0.05) is 25.2 Å². The van der Waals surface area contributed by atoms with Gasteiger partial charge in [-0.25, -0.2) is 9.67 Å². The van der Waals surface area contributed by atoms with Crippen LogP contribution in [0.25, 0.3) is 16.7 Å². The predicted octanol–water partition coefficient (Wildman–Crippen LogP) is 4.42. The van der Waals surface area contributed by atoms with Crippen LogP contribution >= 0.6 is 0 Å². The lowest BCUT2D eigenvalue weighted by Gasteiger charge is -2.26. The van der Waals surface area contributed by atoms with Crippen molar-refractivity contribution >= 4 is 28.6 Å². The van der Waals surface area contributed by atoms with Crippen LogP contribution in [0.4, 0.5) is 17.6 Å². The van der Waals surface area contributed by atoms with Crippen LogP contribution in [0, 0.1) is 6.92 Å². The summed E-state index contributed by atoms with van der Waals surface area (Å²) >= 11 is 0. The molecule has 6 rings (SSSR count). The van der Waals surface area contributed by atoms with Crippen LogP contribution < -0.4 is 24.4 Å². The van der Waals surface area contributed by atoms with Crippen molar-refractivity contribution in [2.75, 3.05) is 44.6 Å². The molecule has 0 amide bonds. The van der Waals surface area contributed by atoms with E-state index in [1.54, 1.807) is 27.7 Å². The number of aromatic nitrogens is 6. The molecule has 11 nitrogen and oxygen atoms in total. The molecule has 1 aromatic carbocycles. The Bertz CT molecular complexity index is 1410. The number of aryl methyl sites for hydroxylation is 1. The average Bonchev–Trinajstić information content (AvgIpc) is 3.63. The van der Waals surface area contributed by atoms with E-state index >= 15 is 0 Å². The second-order valence-electron chi connectivity index (χ2n) is 9.55. The van der Waals surface area contributed by atoms with Gasteiger partial charge in [0.15, 0.2) is 23.0 Å². The molecule has 11 heteroatoms. The zero-order chi connectivity index (χ0) is 25.5. The third kappa shape index (κ3) is 4.08. The number of ether oxygens (including phenoxy) is 3. The SMILES string of the molecule is COc1cc(-n2cnc(Nc3nc(N4CCCC4)c4c(C)nn(C5CCC5)c4n3)c2)cc(OC)c1OC. The van der Waals surface area contributed by atoms with Crippen LogP contribution in [0.5, 0.6) is 17.2 Å². The van der Waals surface area contributed by atoms with Crippen LogP contribution in [-0.2, 0) is 0 Å². The van der Waals surface area contributed by atoms with Gasteiger partial charge in [-0.15, -0.1) is 0 Å². The van der Waals surface area contributed by atoms with Crippen LogP contribution in [0.2, 0.25) is 0 Å². The standard InChI is InChI=1S/C26H32N8O3/c1-16-22-24(32-10-5-6-11-32)29-26(30-25(22)34(31-16)17-8-7-9-17)28-21-14-33(15-27-21)18-12-19(35-2)23(37-4)20(13-18)36-3/h12-15,17H,5-11H2,1-4H3,(H,28,29,30). The first-order chi connectivity index (χ1) is 18.1.